The fraction of sp³-hybridized carbons (Fsp3) is 0.857. The number of nitrogens with two attached hydrogens (primary N) is 1. The highest BCUT2D eigenvalue weighted by Crippen LogP contribution is 2.22. The summed E-state index contributed by atoms with van der Waals surface area (Å²) in [6.45, 7) is 0. The Kier molecular flexibility index (Phi) is 2.84. The lowest BCUT2D eigenvalue weighted by molar-refractivity contribution is -0.134. The summed E-state index contributed by atoms with van der Waals surface area (Å²) in [5, 5.41) is 8.33. The van der Waals surface area contributed by atoms with Crippen molar-refractivity contribution >= 4 is 5.91 Å². The van der Waals surface area contributed by atoms with Gasteiger partial charge in [-0.1, -0.05) is 6.42 Å². The molecule has 1 rings (SSSR count). The Bertz CT molecular complexity index is 149. The maximum Gasteiger partial charge on any atom is 0.246 e. The van der Waals surface area contributed by atoms with Crippen molar-refractivity contribution in [3.8, 4) is 0 Å². The summed E-state index contributed by atoms with van der Waals surface area (Å²) < 4.78 is 0. The van der Waals surface area contributed by atoms with E-state index in [-0.39, 0.29) is 17.9 Å². The molecule has 0 saturated heterocycles. The molecule has 0 aromatic rings. The zero-order valence-corrected chi connectivity index (χ0v) is 6.42. The number of carbonyl (C=O) groups excluding carboxylic acids is 1. The highest BCUT2D eigenvalue weighted by molar-refractivity contribution is 5.77. The molecule has 1 fully saturated rings. The number of rotatable bonds is 1. The summed E-state index contributed by atoms with van der Waals surface area (Å²) in [7, 11) is 0. The van der Waals surface area contributed by atoms with E-state index in [0.29, 0.717) is 6.42 Å². The Labute approximate surface area is 65.7 Å². The molecular weight excluding hydrogens is 144 g/mol. The third-order valence-corrected chi connectivity index (χ3v) is 2.20. The summed E-state index contributed by atoms with van der Waals surface area (Å²) >= 11 is 0. The van der Waals surface area contributed by atoms with Crippen LogP contribution in [0.15, 0.2) is 0 Å². The van der Waals surface area contributed by atoms with Crippen LogP contribution in [-0.2, 0) is 4.79 Å². The van der Waals surface area contributed by atoms with Crippen LogP contribution in [0.1, 0.15) is 25.7 Å². The van der Waals surface area contributed by atoms with Gasteiger partial charge in [0.2, 0.25) is 5.91 Å². The van der Waals surface area contributed by atoms with Crippen molar-refractivity contribution in [2.75, 3.05) is 0 Å². The third-order valence-electron chi connectivity index (χ3n) is 2.20. The van der Waals surface area contributed by atoms with E-state index in [4.69, 9.17) is 10.9 Å². The Hall–Kier alpha value is -0.610. The normalized spacial score (nSPS) is 31.5. The number of amides is 1. The van der Waals surface area contributed by atoms with Gasteiger partial charge in [-0.3, -0.25) is 10.0 Å². The van der Waals surface area contributed by atoms with Crippen molar-refractivity contribution in [1.29, 1.82) is 0 Å². The van der Waals surface area contributed by atoms with Crippen LogP contribution in [-0.4, -0.2) is 17.2 Å². The van der Waals surface area contributed by atoms with Crippen LogP contribution in [0.4, 0.5) is 0 Å². The zero-order valence-electron chi connectivity index (χ0n) is 6.42. The molecule has 1 amide bonds. The van der Waals surface area contributed by atoms with Crippen molar-refractivity contribution in [2.24, 2.45) is 11.7 Å². The summed E-state index contributed by atoms with van der Waals surface area (Å²) in [6.07, 6.45) is 3.53. The molecule has 11 heavy (non-hydrogen) atoms. The second-order valence-electron chi connectivity index (χ2n) is 3.10. The van der Waals surface area contributed by atoms with Crippen molar-refractivity contribution in [1.82, 2.24) is 5.48 Å². The van der Waals surface area contributed by atoms with Crippen LogP contribution in [0.2, 0.25) is 0 Å². The van der Waals surface area contributed by atoms with E-state index in [1.54, 1.807) is 5.48 Å². The molecule has 1 aliphatic carbocycles. The molecule has 0 aromatic carbocycles. The van der Waals surface area contributed by atoms with Crippen molar-refractivity contribution in [3.63, 3.8) is 0 Å². The summed E-state index contributed by atoms with van der Waals surface area (Å²) in [5.41, 5.74) is 7.32. The Balaban J connectivity index is 2.39. The van der Waals surface area contributed by atoms with Gasteiger partial charge in [0.05, 0.1) is 0 Å². The standard InChI is InChI=1S/C7H14N2O2/c8-6-3-1-2-5(4-6)7(10)9-11/h5-6,11H,1-4,8H2,(H,9,10). The average Bonchev–Trinajstić information content (AvgIpc) is 2.03. The van der Waals surface area contributed by atoms with Gasteiger partial charge >= 0.3 is 0 Å². The number of hydroxylamine groups is 1. The minimum atomic E-state index is -0.292. The van der Waals surface area contributed by atoms with Gasteiger partial charge in [-0.25, -0.2) is 5.48 Å². The van der Waals surface area contributed by atoms with E-state index in [1.807, 2.05) is 0 Å². The SMILES string of the molecule is NC1CCCC(C(=O)NO)C1. The first kappa shape index (κ1) is 8.49. The average molecular weight is 158 g/mol. The van der Waals surface area contributed by atoms with Crippen molar-refractivity contribution in [2.45, 2.75) is 31.7 Å². The van der Waals surface area contributed by atoms with E-state index in [1.165, 1.54) is 0 Å². The van der Waals surface area contributed by atoms with Gasteiger partial charge in [-0.2, -0.15) is 0 Å². The fourth-order valence-corrected chi connectivity index (χ4v) is 1.56. The molecule has 4 nitrogen and oxygen atoms in total. The molecule has 0 spiro atoms. The molecule has 0 bridgehead atoms. The Morgan fingerprint density at radius 1 is 1.55 bits per heavy atom. The van der Waals surface area contributed by atoms with Crippen LogP contribution >= 0.6 is 0 Å². The van der Waals surface area contributed by atoms with Gasteiger partial charge in [0, 0.05) is 12.0 Å². The summed E-state index contributed by atoms with van der Waals surface area (Å²) in [5.74, 6) is -0.371. The predicted octanol–water partition coefficient (Wildman–Crippen LogP) is 0.00930. The number of hydrogen-bond donors (Lipinski definition) is 3. The van der Waals surface area contributed by atoms with E-state index in [0.717, 1.165) is 19.3 Å². The maximum atomic E-state index is 10.9. The Morgan fingerprint density at radius 3 is 2.82 bits per heavy atom. The molecule has 64 valence electrons. The van der Waals surface area contributed by atoms with Crippen LogP contribution < -0.4 is 11.2 Å². The molecule has 0 aliphatic heterocycles. The first-order chi connectivity index (χ1) is 5.24. The van der Waals surface area contributed by atoms with Crippen LogP contribution in [0.25, 0.3) is 0 Å². The number of nitrogens with one attached hydrogen (secondary N) is 1. The lowest BCUT2D eigenvalue weighted by Gasteiger charge is -2.24. The summed E-state index contributed by atoms with van der Waals surface area (Å²) in [4.78, 5) is 10.9. The predicted molar refractivity (Wildman–Crippen MR) is 39.9 cm³/mol. The van der Waals surface area contributed by atoms with Gasteiger partial charge in [-0.15, -0.1) is 0 Å². The topological polar surface area (TPSA) is 75.4 Å². The van der Waals surface area contributed by atoms with E-state index in [9.17, 15) is 4.79 Å². The molecule has 4 N–H and O–H groups in total. The minimum Gasteiger partial charge on any atom is -0.328 e. The summed E-state index contributed by atoms with van der Waals surface area (Å²) in [6, 6.07) is 0.131. The third kappa shape index (κ3) is 2.17. The lowest BCUT2D eigenvalue weighted by atomic mass is 9.86. The van der Waals surface area contributed by atoms with Gasteiger partial charge in [0.15, 0.2) is 0 Å². The Morgan fingerprint density at radius 2 is 2.27 bits per heavy atom. The number of hydrogen-bond acceptors (Lipinski definition) is 3. The van der Waals surface area contributed by atoms with Crippen LogP contribution in [0.3, 0.4) is 0 Å². The highest BCUT2D eigenvalue weighted by Gasteiger charge is 2.24. The molecule has 2 atom stereocenters. The smallest absolute Gasteiger partial charge is 0.246 e. The molecule has 2 unspecified atom stereocenters. The molecule has 0 radical (unpaired) electrons. The highest BCUT2D eigenvalue weighted by atomic mass is 16.5. The van der Waals surface area contributed by atoms with Gasteiger partial charge in [0.1, 0.15) is 0 Å². The minimum absolute atomic E-state index is 0.0799. The first-order valence-electron chi connectivity index (χ1n) is 3.93. The van der Waals surface area contributed by atoms with E-state index in [2.05, 4.69) is 0 Å². The van der Waals surface area contributed by atoms with Crippen LogP contribution in [0, 0.1) is 5.92 Å². The molecule has 1 aliphatic rings. The van der Waals surface area contributed by atoms with Crippen molar-refractivity contribution in [3.05, 3.63) is 0 Å². The second-order valence-corrected chi connectivity index (χ2v) is 3.10. The largest absolute Gasteiger partial charge is 0.328 e. The lowest BCUT2D eigenvalue weighted by Crippen LogP contribution is -2.36. The first-order valence-corrected chi connectivity index (χ1v) is 3.93. The molecule has 0 aromatic heterocycles. The quantitative estimate of drug-likeness (QED) is 0.371. The van der Waals surface area contributed by atoms with E-state index < -0.39 is 0 Å². The fourth-order valence-electron chi connectivity index (χ4n) is 1.56. The molecule has 0 heterocycles. The zero-order chi connectivity index (χ0) is 8.27. The maximum absolute atomic E-state index is 10.9. The van der Waals surface area contributed by atoms with Gasteiger partial charge < -0.3 is 5.73 Å². The van der Waals surface area contributed by atoms with Crippen LogP contribution in [0.5, 0.6) is 0 Å². The molecule has 4 heteroatoms. The molecular formula is C7H14N2O2. The molecule has 1 saturated carbocycles. The second kappa shape index (κ2) is 3.69. The van der Waals surface area contributed by atoms with E-state index >= 15 is 0 Å². The van der Waals surface area contributed by atoms with Crippen molar-refractivity contribution < 1.29 is 10.0 Å². The number of carbonyl (C=O) groups is 1. The van der Waals surface area contributed by atoms with Gasteiger partial charge in [0.25, 0.3) is 0 Å². The van der Waals surface area contributed by atoms with Gasteiger partial charge in [-0.05, 0) is 19.3 Å². The monoisotopic (exact) mass is 158 g/mol.